The molecule has 5 rings (SSSR count). The summed E-state index contributed by atoms with van der Waals surface area (Å²) in [5.74, 6) is 0. The minimum atomic E-state index is 0.402. The maximum atomic E-state index is 6.22. The van der Waals surface area contributed by atoms with Gasteiger partial charge in [-0.2, -0.15) is 0 Å². The van der Waals surface area contributed by atoms with E-state index in [-0.39, 0.29) is 0 Å². The first kappa shape index (κ1) is 17.4. The van der Waals surface area contributed by atoms with Crippen molar-refractivity contribution >= 4 is 23.2 Å². The molecule has 0 atom stereocenters. The lowest BCUT2D eigenvalue weighted by atomic mass is 10.2. The van der Waals surface area contributed by atoms with Gasteiger partial charge in [0, 0.05) is 16.5 Å². The van der Waals surface area contributed by atoms with Gasteiger partial charge in [-0.15, -0.1) is 5.10 Å². The van der Waals surface area contributed by atoms with E-state index in [9.17, 15) is 0 Å². The van der Waals surface area contributed by atoms with Gasteiger partial charge < -0.3 is 9.30 Å². The average molecular weight is 412 g/mol. The number of fused-ring (bicyclic) bond motifs is 5. The zero-order chi connectivity index (χ0) is 19.1. The molecule has 28 heavy (non-hydrogen) atoms. The van der Waals surface area contributed by atoms with Crippen LogP contribution < -0.4 is 0 Å². The third-order valence-electron chi connectivity index (χ3n) is 4.74. The maximum absolute atomic E-state index is 6.22. The molecule has 0 saturated carbocycles. The van der Waals surface area contributed by atoms with Crippen LogP contribution in [0, 0.1) is 0 Å². The Kier molecular flexibility index (Phi) is 4.39. The minimum Gasteiger partial charge on any atom is -0.370 e. The fraction of sp³-hybridized carbons (Fsp3) is 0.150. The van der Waals surface area contributed by atoms with E-state index in [0.717, 1.165) is 34.0 Å². The van der Waals surface area contributed by atoms with Crippen LogP contribution in [0.2, 0.25) is 10.0 Å². The molecule has 1 aliphatic heterocycles. The summed E-state index contributed by atoms with van der Waals surface area (Å²) in [6.07, 6.45) is 4.24. The Morgan fingerprint density at radius 1 is 1.00 bits per heavy atom. The van der Waals surface area contributed by atoms with Crippen LogP contribution in [-0.2, 0) is 24.4 Å². The summed E-state index contributed by atoms with van der Waals surface area (Å²) in [5, 5.41) is 9.65. The summed E-state index contributed by atoms with van der Waals surface area (Å²) in [6.45, 7) is 0.873. The van der Waals surface area contributed by atoms with Crippen LogP contribution in [-0.4, -0.2) is 24.5 Å². The molecule has 0 N–H and O–H groups in total. The highest BCUT2D eigenvalue weighted by Crippen LogP contribution is 2.30. The van der Waals surface area contributed by atoms with Gasteiger partial charge in [0.15, 0.2) is 0 Å². The lowest BCUT2D eigenvalue weighted by Crippen LogP contribution is -2.03. The summed E-state index contributed by atoms with van der Waals surface area (Å²) >= 11 is 12.3. The highest BCUT2D eigenvalue weighted by Gasteiger charge is 2.23. The van der Waals surface area contributed by atoms with E-state index < -0.39 is 0 Å². The van der Waals surface area contributed by atoms with Crippen molar-refractivity contribution in [2.75, 3.05) is 0 Å². The van der Waals surface area contributed by atoms with Crippen LogP contribution in [0.25, 0.3) is 11.4 Å². The molecule has 0 unspecified atom stereocenters. The zero-order valence-corrected chi connectivity index (χ0v) is 16.2. The molecule has 3 heterocycles. The van der Waals surface area contributed by atoms with Gasteiger partial charge in [-0.1, -0.05) is 40.5 Å². The molecule has 8 heteroatoms. The van der Waals surface area contributed by atoms with E-state index in [4.69, 9.17) is 27.9 Å². The summed E-state index contributed by atoms with van der Waals surface area (Å²) in [6, 6.07) is 13.4. The SMILES string of the molecule is Clc1cccc(COCc2ncn3c2Cc2cnnn2-c2cc(Cl)ccc2-3)c1. The Morgan fingerprint density at radius 3 is 2.79 bits per heavy atom. The number of imidazole rings is 1. The highest BCUT2D eigenvalue weighted by molar-refractivity contribution is 6.31. The number of hydrogen-bond acceptors (Lipinski definition) is 4. The van der Waals surface area contributed by atoms with Crippen molar-refractivity contribution in [3.05, 3.63) is 87.7 Å². The minimum absolute atomic E-state index is 0.402. The van der Waals surface area contributed by atoms with E-state index in [1.54, 1.807) is 6.20 Å². The molecule has 2 aromatic carbocycles. The first-order valence-electron chi connectivity index (χ1n) is 8.76. The van der Waals surface area contributed by atoms with Crippen molar-refractivity contribution in [3.63, 3.8) is 0 Å². The molecule has 2 aromatic heterocycles. The molecule has 1 aliphatic rings. The molecule has 0 saturated heterocycles. The van der Waals surface area contributed by atoms with Gasteiger partial charge in [0.1, 0.15) is 0 Å². The van der Waals surface area contributed by atoms with Gasteiger partial charge in [0.25, 0.3) is 0 Å². The first-order valence-corrected chi connectivity index (χ1v) is 9.52. The number of halogens is 2. The Hall–Kier alpha value is -2.67. The summed E-state index contributed by atoms with van der Waals surface area (Å²) in [7, 11) is 0. The highest BCUT2D eigenvalue weighted by atomic mass is 35.5. The number of hydrogen-bond donors (Lipinski definition) is 0. The predicted molar refractivity (Wildman–Crippen MR) is 106 cm³/mol. The van der Waals surface area contributed by atoms with Crippen LogP contribution in [0.4, 0.5) is 0 Å². The van der Waals surface area contributed by atoms with Crippen LogP contribution in [0.1, 0.15) is 22.6 Å². The number of nitrogens with zero attached hydrogens (tertiary/aromatic N) is 5. The van der Waals surface area contributed by atoms with E-state index in [1.165, 1.54) is 0 Å². The quantitative estimate of drug-likeness (QED) is 0.440. The van der Waals surface area contributed by atoms with Gasteiger partial charge in [-0.05, 0) is 35.9 Å². The van der Waals surface area contributed by atoms with Crippen molar-refractivity contribution in [2.24, 2.45) is 0 Å². The second kappa shape index (κ2) is 7.05. The smallest absolute Gasteiger partial charge is 0.0999 e. The van der Waals surface area contributed by atoms with Crippen LogP contribution in [0.15, 0.2) is 55.0 Å². The van der Waals surface area contributed by atoms with Gasteiger partial charge in [-0.25, -0.2) is 9.67 Å². The van der Waals surface area contributed by atoms with Crippen molar-refractivity contribution in [1.82, 2.24) is 24.5 Å². The van der Waals surface area contributed by atoms with Crippen molar-refractivity contribution in [2.45, 2.75) is 19.6 Å². The fourth-order valence-corrected chi connectivity index (χ4v) is 3.82. The topological polar surface area (TPSA) is 57.8 Å². The summed E-state index contributed by atoms with van der Waals surface area (Å²) in [5.41, 5.74) is 5.77. The molecule has 0 spiro atoms. The number of rotatable bonds is 4. The molecule has 0 amide bonds. The van der Waals surface area contributed by atoms with Gasteiger partial charge in [0.05, 0.1) is 54.2 Å². The van der Waals surface area contributed by atoms with Crippen LogP contribution >= 0.6 is 23.2 Å². The standard InChI is InChI=1S/C20H15Cl2N5O/c21-14-3-1-2-13(6-14)10-28-11-17-19-8-16-9-24-25-27(16)20-7-15(22)4-5-18(20)26(19)12-23-17/h1-7,9,12H,8,10-11H2. The van der Waals surface area contributed by atoms with Gasteiger partial charge >= 0.3 is 0 Å². The number of benzene rings is 2. The largest absolute Gasteiger partial charge is 0.370 e. The number of ether oxygens (including phenoxy) is 1. The summed E-state index contributed by atoms with van der Waals surface area (Å²) < 4.78 is 9.80. The Labute approximate surface area is 171 Å². The monoisotopic (exact) mass is 411 g/mol. The lowest BCUT2D eigenvalue weighted by molar-refractivity contribution is 0.104. The fourth-order valence-electron chi connectivity index (χ4n) is 3.44. The van der Waals surface area contributed by atoms with E-state index in [2.05, 4.69) is 19.9 Å². The van der Waals surface area contributed by atoms with Crippen LogP contribution in [0.5, 0.6) is 0 Å². The Balaban J connectivity index is 1.47. The van der Waals surface area contributed by atoms with E-state index >= 15 is 0 Å². The zero-order valence-electron chi connectivity index (χ0n) is 14.7. The molecule has 140 valence electrons. The van der Waals surface area contributed by atoms with Gasteiger partial charge in [0.2, 0.25) is 0 Å². The predicted octanol–water partition coefficient (Wildman–Crippen LogP) is 4.38. The molecule has 0 fully saturated rings. The van der Waals surface area contributed by atoms with Crippen LogP contribution in [0.3, 0.4) is 0 Å². The second-order valence-corrected chi connectivity index (χ2v) is 7.45. The molecule has 0 radical (unpaired) electrons. The lowest BCUT2D eigenvalue weighted by Gasteiger charge is -2.10. The third kappa shape index (κ3) is 3.09. The molecule has 6 nitrogen and oxygen atoms in total. The molecular weight excluding hydrogens is 397 g/mol. The van der Waals surface area contributed by atoms with Crippen molar-refractivity contribution < 1.29 is 4.74 Å². The molecular formula is C20H15Cl2N5O. The van der Waals surface area contributed by atoms with Gasteiger partial charge in [-0.3, -0.25) is 0 Å². The normalized spacial score (nSPS) is 12.2. The third-order valence-corrected chi connectivity index (χ3v) is 5.21. The Morgan fingerprint density at radius 2 is 1.89 bits per heavy atom. The van der Waals surface area contributed by atoms with Crippen molar-refractivity contribution in [1.29, 1.82) is 0 Å². The maximum Gasteiger partial charge on any atom is 0.0999 e. The van der Waals surface area contributed by atoms with Crippen molar-refractivity contribution in [3.8, 4) is 11.4 Å². The molecule has 0 bridgehead atoms. The second-order valence-electron chi connectivity index (χ2n) is 6.58. The molecule has 0 aliphatic carbocycles. The van der Waals surface area contributed by atoms with E-state index in [1.807, 2.05) is 53.5 Å². The first-order chi connectivity index (χ1) is 13.7. The van der Waals surface area contributed by atoms with E-state index in [0.29, 0.717) is 29.7 Å². The molecule has 4 aromatic rings. The average Bonchev–Trinajstić information content (AvgIpc) is 3.27. The number of aromatic nitrogens is 5. The Bertz CT molecular complexity index is 1170. The summed E-state index contributed by atoms with van der Waals surface area (Å²) in [4.78, 5) is 4.60.